The predicted molar refractivity (Wildman–Crippen MR) is 28.1 cm³/mol. The van der Waals surface area contributed by atoms with Crippen LogP contribution in [0, 0.1) is 0 Å². The predicted octanol–water partition coefficient (Wildman–Crippen LogP) is -0.334. The Hall–Kier alpha value is -0.410. The minimum atomic E-state index is -2.09. The summed E-state index contributed by atoms with van der Waals surface area (Å²) < 4.78 is 0. The molecule has 0 aromatic heterocycles. The average molecular weight is 118 g/mol. The Morgan fingerprint density at radius 2 is 2.12 bits per heavy atom. The van der Waals surface area contributed by atoms with Crippen LogP contribution < -0.4 is 0 Å². The van der Waals surface area contributed by atoms with Crippen LogP contribution in [0.2, 0.25) is 0 Å². The summed E-state index contributed by atoms with van der Waals surface area (Å²) in [6.07, 6.45) is 0.832. The van der Waals surface area contributed by atoms with Crippen LogP contribution in [-0.4, -0.2) is 22.3 Å². The maximum atomic E-state index is 9.72. The molecule has 0 aliphatic heterocycles. The van der Waals surface area contributed by atoms with Crippen LogP contribution in [0.1, 0.15) is 19.8 Å². The maximum Gasteiger partial charge on any atom is 0.220 e. The summed E-state index contributed by atoms with van der Waals surface area (Å²) in [4.78, 5) is 9.72. The lowest BCUT2D eigenvalue weighted by molar-refractivity contribution is -0.171. The van der Waals surface area contributed by atoms with E-state index in [2.05, 4.69) is 0 Å². The molecule has 0 spiro atoms. The van der Waals surface area contributed by atoms with Crippen LogP contribution in [0.25, 0.3) is 0 Å². The average Bonchev–Trinajstić information content (AvgIpc) is 1.67. The standard InChI is InChI=1S/C5H10O3/c1-2-3-5(7,8)4-6/h4,7-8H,2-3H2,1H3. The first kappa shape index (κ1) is 7.59. The summed E-state index contributed by atoms with van der Waals surface area (Å²) in [6, 6.07) is 0. The zero-order valence-electron chi connectivity index (χ0n) is 4.79. The molecule has 0 saturated heterocycles. The molecule has 0 aromatic rings. The normalized spacial score (nSPS) is 11.4. The lowest BCUT2D eigenvalue weighted by Gasteiger charge is -2.10. The fraction of sp³-hybridized carbons (Fsp3) is 0.800. The number of rotatable bonds is 3. The molecule has 0 atom stereocenters. The van der Waals surface area contributed by atoms with E-state index < -0.39 is 5.79 Å². The van der Waals surface area contributed by atoms with Gasteiger partial charge in [0.1, 0.15) is 0 Å². The number of hydrogen-bond donors (Lipinski definition) is 2. The molecule has 0 rings (SSSR count). The molecule has 0 fully saturated rings. The van der Waals surface area contributed by atoms with Crippen molar-refractivity contribution in [2.45, 2.75) is 25.6 Å². The Morgan fingerprint density at radius 3 is 2.25 bits per heavy atom. The summed E-state index contributed by atoms with van der Waals surface area (Å²) in [7, 11) is 0. The molecule has 0 aliphatic carbocycles. The van der Waals surface area contributed by atoms with Gasteiger partial charge in [0, 0.05) is 6.42 Å². The van der Waals surface area contributed by atoms with Crippen LogP contribution in [0.4, 0.5) is 0 Å². The lowest BCUT2D eigenvalue weighted by Crippen LogP contribution is -2.29. The lowest BCUT2D eigenvalue weighted by atomic mass is 10.2. The summed E-state index contributed by atoms with van der Waals surface area (Å²) in [5, 5.41) is 17.0. The van der Waals surface area contributed by atoms with Gasteiger partial charge in [0.25, 0.3) is 0 Å². The smallest absolute Gasteiger partial charge is 0.220 e. The van der Waals surface area contributed by atoms with E-state index in [4.69, 9.17) is 10.2 Å². The second-order valence-electron chi connectivity index (χ2n) is 1.75. The Morgan fingerprint density at radius 1 is 1.62 bits per heavy atom. The zero-order chi connectivity index (χ0) is 6.62. The first-order valence-corrected chi connectivity index (χ1v) is 2.53. The van der Waals surface area contributed by atoms with Gasteiger partial charge in [-0.15, -0.1) is 0 Å². The summed E-state index contributed by atoms with van der Waals surface area (Å²) >= 11 is 0. The Balaban J connectivity index is 3.53. The molecule has 3 nitrogen and oxygen atoms in total. The minimum absolute atomic E-state index is 0.108. The highest BCUT2D eigenvalue weighted by molar-refractivity contribution is 5.58. The molecule has 8 heavy (non-hydrogen) atoms. The van der Waals surface area contributed by atoms with Crippen molar-refractivity contribution in [3.63, 3.8) is 0 Å². The van der Waals surface area contributed by atoms with Crippen LogP contribution in [0.3, 0.4) is 0 Å². The first-order valence-electron chi connectivity index (χ1n) is 2.53. The summed E-state index contributed by atoms with van der Waals surface area (Å²) in [5.41, 5.74) is 0. The van der Waals surface area contributed by atoms with Crippen molar-refractivity contribution in [3.05, 3.63) is 0 Å². The zero-order valence-corrected chi connectivity index (χ0v) is 4.79. The summed E-state index contributed by atoms with van der Waals surface area (Å²) in [6.45, 7) is 1.77. The fourth-order valence-electron chi connectivity index (χ4n) is 0.427. The topological polar surface area (TPSA) is 57.5 Å². The number of aliphatic hydroxyl groups is 2. The molecular weight excluding hydrogens is 108 g/mol. The highest BCUT2D eigenvalue weighted by Crippen LogP contribution is 2.03. The van der Waals surface area contributed by atoms with E-state index in [1.807, 2.05) is 0 Å². The van der Waals surface area contributed by atoms with Crippen LogP contribution in [-0.2, 0) is 4.79 Å². The van der Waals surface area contributed by atoms with E-state index in [1.165, 1.54) is 0 Å². The van der Waals surface area contributed by atoms with Gasteiger partial charge in [-0.05, 0) is 0 Å². The monoisotopic (exact) mass is 118 g/mol. The molecule has 48 valence electrons. The van der Waals surface area contributed by atoms with Gasteiger partial charge in [0.2, 0.25) is 5.79 Å². The minimum Gasteiger partial charge on any atom is -0.360 e. The van der Waals surface area contributed by atoms with Crippen LogP contribution in [0.15, 0.2) is 0 Å². The van der Waals surface area contributed by atoms with Crippen LogP contribution in [0.5, 0.6) is 0 Å². The molecule has 0 saturated carbocycles. The number of aldehydes is 1. The van der Waals surface area contributed by atoms with Gasteiger partial charge >= 0.3 is 0 Å². The molecule has 0 radical (unpaired) electrons. The molecular formula is C5H10O3. The Kier molecular flexibility index (Phi) is 2.65. The van der Waals surface area contributed by atoms with E-state index in [1.54, 1.807) is 6.92 Å². The number of carbonyl (C=O) groups excluding carboxylic acids is 1. The number of hydrogen-bond acceptors (Lipinski definition) is 3. The maximum absolute atomic E-state index is 9.72. The van der Waals surface area contributed by atoms with E-state index in [9.17, 15) is 4.79 Å². The van der Waals surface area contributed by atoms with E-state index in [-0.39, 0.29) is 12.7 Å². The van der Waals surface area contributed by atoms with Crippen molar-refractivity contribution >= 4 is 6.29 Å². The third-order valence-electron chi connectivity index (χ3n) is 0.807. The summed E-state index contributed by atoms with van der Waals surface area (Å²) in [5.74, 6) is -2.09. The molecule has 0 aliphatic rings. The molecule has 0 aromatic carbocycles. The molecule has 2 N–H and O–H groups in total. The highest BCUT2D eigenvalue weighted by Gasteiger charge is 2.18. The van der Waals surface area contributed by atoms with Crippen molar-refractivity contribution in [2.75, 3.05) is 0 Å². The van der Waals surface area contributed by atoms with Gasteiger partial charge in [-0.3, -0.25) is 4.79 Å². The molecule has 0 heterocycles. The molecule has 0 amide bonds. The van der Waals surface area contributed by atoms with Crippen molar-refractivity contribution < 1.29 is 15.0 Å². The van der Waals surface area contributed by atoms with Crippen molar-refractivity contribution in [1.29, 1.82) is 0 Å². The number of carbonyl (C=O) groups is 1. The third-order valence-corrected chi connectivity index (χ3v) is 0.807. The Bertz CT molecular complexity index is 77.7. The van der Waals surface area contributed by atoms with Crippen molar-refractivity contribution in [3.8, 4) is 0 Å². The van der Waals surface area contributed by atoms with E-state index in [0.717, 1.165) is 0 Å². The van der Waals surface area contributed by atoms with E-state index in [0.29, 0.717) is 6.42 Å². The molecule has 0 bridgehead atoms. The second-order valence-corrected chi connectivity index (χ2v) is 1.75. The molecule has 0 unspecified atom stereocenters. The Labute approximate surface area is 47.9 Å². The highest BCUT2D eigenvalue weighted by atomic mass is 16.5. The van der Waals surface area contributed by atoms with Crippen molar-refractivity contribution in [1.82, 2.24) is 0 Å². The van der Waals surface area contributed by atoms with Gasteiger partial charge < -0.3 is 10.2 Å². The fourth-order valence-corrected chi connectivity index (χ4v) is 0.427. The van der Waals surface area contributed by atoms with E-state index >= 15 is 0 Å². The van der Waals surface area contributed by atoms with Gasteiger partial charge in [0.05, 0.1) is 0 Å². The van der Waals surface area contributed by atoms with Crippen LogP contribution >= 0.6 is 0 Å². The quantitative estimate of drug-likeness (QED) is 0.394. The largest absolute Gasteiger partial charge is 0.360 e. The second kappa shape index (κ2) is 2.79. The van der Waals surface area contributed by atoms with Gasteiger partial charge in [0.15, 0.2) is 6.29 Å². The third kappa shape index (κ3) is 2.71. The van der Waals surface area contributed by atoms with Gasteiger partial charge in [-0.25, -0.2) is 0 Å². The SMILES string of the molecule is CCCC(O)(O)C=O. The first-order chi connectivity index (χ1) is 3.62. The van der Waals surface area contributed by atoms with Gasteiger partial charge in [-0.2, -0.15) is 0 Å². The van der Waals surface area contributed by atoms with Crippen molar-refractivity contribution in [2.24, 2.45) is 0 Å². The van der Waals surface area contributed by atoms with Gasteiger partial charge in [-0.1, -0.05) is 13.3 Å². The molecule has 3 heteroatoms.